The van der Waals surface area contributed by atoms with Crippen molar-refractivity contribution in [2.45, 2.75) is 74.1 Å². The molecular weight excluding hydrogens is 1460 g/mol. The Labute approximate surface area is 633 Å². The molecule has 0 aliphatic heterocycles. The summed E-state index contributed by atoms with van der Waals surface area (Å²) in [4.78, 5) is 0. The minimum atomic E-state index is -4.70. The molecule has 0 radical (unpaired) electrons. The van der Waals surface area contributed by atoms with Gasteiger partial charge in [-0.15, -0.1) is 0 Å². The van der Waals surface area contributed by atoms with Crippen LogP contribution in [0.1, 0.15) is 134 Å². The Hall–Kier alpha value is -12.0. The maximum absolute atomic E-state index is 14.5. The summed E-state index contributed by atoms with van der Waals surface area (Å²) >= 11 is 0. The first-order valence-electron chi connectivity index (χ1n) is 35.9. The molecule has 0 N–H and O–H groups in total. The first kappa shape index (κ1) is 72.8. The highest BCUT2D eigenvalue weighted by Gasteiger charge is 2.55. The summed E-state index contributed by atoms with van der Waals surface area (Å²) in [5.41, 5.74) is 12.0. The third-order valence-electron chi connectivity index (χ3n) is 23.1. The molecule has 0 spiro atoms. The molecule has 0 heterocycles. The standard InChI is InChI=1S/C50H30F12.C46H30F4/c1-27-3-21-37-39-25-44-40(26-43(39)45(41(37)23-27,29-5-13-33(14-6-29)47(51,52)53)30-7-15-34(16-8-30)48(54,55)56)38-22-4-28(2)24-42(38)46(44,31-9-17-35(18-10-31)49(57,58)59)32-11-19-36(20-12-32)50(60,61)62;1-27-3-21-37-39-25-44-40(26-43(39)45(41(37)23-27,29-5-13-33(47)14-6-29)30-7-15-34(48)16-8-30)38-22-4-28(2)24-42(38)46(44,31-9-17-35(49)18-10-31)32-11-19-36(50)20-12-32/h3-26H,1-2H3;3-26H,1-2H3. The second-order valence-corrected chi connectivity index (χ2v) is 29.4. The second kappa shape index (κ2) is 25.8. The Bertz CT molecular complexity index is 5500. The molecule has 4 aliphatic rings. The Morgan fingerprint density at radius 2 is 0.312 bits per heavy atom. The van der Waals surface area contributed by atoms with Gasteiger partial charge in [0.15, 0.2) is 0 Å². The van der Waals surface area contributed by atoms with Gasteiger partial charge in [-0.2, -0.15) is 52.7 Å². The fraction of sp³-hybridized carbons (Fsp3) is 0.125. The summed E-state index contributed by atoms with van der Waals surface area (Å²) in [6, 6.07) is 76.0. The van der Waals surface area contributed by atoms with Gasteiger partial charge in [0.1, 0.15) is 23.3 Å². The van der Waals surface area contributed by atoms with Gasteiger partial charge < -0.3 is 0 Å². The van der Waals surface area contributed by atoms with Gasteiger partial charge in [0, 0.05) is 0 Å². The number of aryl methyl sites for hydroxylation is 4. The van der Waals surface area contributed by atoms with Gasteiger partial charge in [-0.3, -0.25) is 0 Å². The fourth-order valence-electron chi connectivity index (χ4n) is 18.3. The van der Waals surface area contributed by atoms with Crippen LogP contribution < -0.4 is 0 Å². The van der Waals surface area contributed by atoms with Crippen LogP contribution in [0.4, 0.5) is 70.2 Å². The highest BCUT2D eigenvalue weighted by molar-refractivity contribution is 5.97. The van der Waals surface area contributed by atoms with Crippen LogP contribution in [0.25, 0.3) is 44.5 Å². The number of benzene rings is 14. The number of rotatable bonds is 8. The van der Waals surface area contributed by atoms with E-state index in [1.165, 1.54) is 97.1 Å². The average Bonchev–Trinajstić information content (AvgIpc) is 1.51. The summed E-state index contributed by atoms with van der Waals surface area (Å²) in [5.74, 6) is -1.36. The van der Waals surface area contributed by atoms with Crippen LogP contribution in [0.5, 0.6) is 0 Å². The van der Waals surface area contributed by atoms with Crippen LogP contribution in [0.2, 0.25) is 0 Å². The lowest BCUT2D eigenvalue weighted by Gasteiger charge is -2.36. The molecule has 14 aromatic rings. The van der Waals surface area contributed by atoms with E-state index in [4.69, 9.17) is 0 Å². The molecular formula is C96H60F16. The average molecular weight is 1520 g/mol. The van der Waals surface area contributed by atoms with Crippen molar-refractivity contribution in [1.82, 2.24) is 0 Å². The largest absolute Gasteiger partial charge is 0.416 e. The summed E-state index contributed by atoms with van der Waals surface area (Å²) in [7, 11) is 0. The predicted molar refractivity (Wildman–Crippen MR) is 401 cm³/mol. The molecule has 18 rings (SSSR count). The Morgan fingerprint density at radius 1 is 0.170 bits per heavy atom. The van der Waals surface area contributed by atoms with E-state index in [0.717, 1.165) is 138 Å². The fourth-order valence-corrected chi connectivity index (χ4v) is 18.3. The van der Waals surface area contributed by atoms with Crippen LogP contribution in [0.3, 0.4) is 0 Å². The van der Waals surface area contributed by atoms with Gasteiger partial charge in [-0.05, 0) is 283 Å². The van der Waals surface area contributed by atoms with Crippen molar-refractivity contribution in [3.8, 4) is 44.5 Å². The van der Waals surface area contributed by atoms with Crippen molar-refractivity contribution in [2.24, 2.45) is 0 Å². The quantitative estimate of drug-likeness (QED) is 0.133. The minimum Gasteiger partial charge on any atom is -0.207 e. The molecule has 4 aliphatic carbocycles. The van der Waals surface area contributed by atoms with E-state index in [1.807, 2.05) is 84.9 Å². The molecule has 112 heavy (non-hydrogen) atoms. The molecule has 0 aromatic heterocycles. The number of halogens is 16. The van der Waals surface area contributed by atoms with E-state index >= 15 is 0 Å². The molecule has 0 bridgehead atoms. The van der Waals surface area contributed by atoms with Gasteiger partial charge in [0.25, 0.3) is 0 Å². The molecule has 0 saturated heterocycles. The van der Waals surface area contributed by atoms with Crippen LogP contribution >= 0.6 is 0 Å². The topological polar surface area (TPSA) is 0 Å². The molecule has 0 saturated carbocycles. The van der Waals surface area contributed by atoms with Crippen molar-refractivity contribution in [3.05, 3.63) is 448 Å². The van der Waals surface area contributed by atoms with Crippen molar-refractivity contribution in [3.63, 3.8) is 0 Å². The zero-order chi connectivity index (χ0) is 78.7. The minimum absolute atomic E-state index is 0.315. The Morgan fingerprint density at radius 3 is 0.464 bits per heavy atom. The normalized spacial score (nSPS) is 14.9. The lowest BCUT2D eigenvalue weighted by Crippen LogP contribution is -2.30. The van der Waals surface area contributed by atoms with E-state index in [2.05, 4.69) is 62.4 Å². The third kappa shape index (κ3) is 11.1. The van der Waals surface area contributed by atoms with Crippen LogP contribution in [0, 0.1) is 51.0 Å². The van der Waals surface area contributed by atoms with Crippen molar-refractivity contribution in [2.75, 3.05) is 0 Å². The first-order chi connectivity index (χ1) is 53.3. The first-order valence-corrected chi connectivity index (χ1v) is 35.9. The van der Waals surface area contributed by atoms with Gasteiger partial charge in [-0.1, -0.05) is 192 Å². The maximum Gasteiger partial charge on any atom is 0.416 e. The molecule has 14 aromatic carbocycles. The highest BCUT2D eigenvalue weighted by Crippen LogP contribution is 2.66. The van der Waals surface area contributed by atoms with Crippen molar-refractivity contribution < 1.29 is 70.2 Å². The third-order valence-corrected chi connectivity index (χ3v) is 23.1. The summed E-state index contributed by atoms with van der Waals surface area (Å²) in [6.07, 6.45) is -18.8. The molecule has 556 valence electrons. The van der Waals surface area contributed by atoms with Crippen LogP contribution in [-0.4, -0.2) is 0 Å². The summed E-state index contributed by atoms with van der Waals surface area (Å²) in [5, 5.41) is 0. The van der Waals surface area contributed by atoms with Crippen molar-refractivity contribution in [1.29, 1.82) is 0 Å². The van der Waals surface area contributed by atoms with Gasteiger partial charge in [0.05, 0.1) is 43.9 Å². The van der Waals surface area contributed by atoms with Gasteiger partial charge in [-0.25, -0.2) is 17.6 Å². The van der Waals surface area contributed by atoms with E-state index in [0.29, 0.717) is 66.8 Å². The monoisotopic (exact) mass is 1520 g/mol. The molecule has 0 amide bonds. The SMILES string of the molecule is Cc1ccc2c(c1)C(c1ccc(C(F)(F)F)cc1)(c1ccc(C(F)(F)F)cc1)c1cc3c(cc1-2)C(c1ccc(C(F)(F)F)cc1)(c1ccc(C(F)(F)F)cc1)c1cc(C)ccc1-3.Cc1ccc2c(c1)C(c1ccc(F)cc1)(c1ccc(F)cc1)c1cc3c(cc1-2)C(c1ccc(F)cc1)(c1ccc(F)cc1)c1cc(C)ccc1-3. The number of hydrogen-bond acceptors (Lipinski definition) is 0. The molecule has 0 nitrogen and oxygen atoms in total. The summed E-state index contributed by atoms with van der Waals surface area (Å²) in [6.45, 7) is 7.70. The maximum atomic E-state index is 14.5. The zero-order valence-corrected chi connectivity index (χ0v) is 59.8. The van der Waals surface area contributed by atoms with Gasteiger partial charge >= 0.3 is 24.7 Å². The second-order valence-electron chi connectivity index (χ2n) is 29.4. The van der Waals surface area contributed by atoms with Crippen molar-refractivity contribution >= 4 is 0 Å². The number of fused-ring (bicyclic) bond motifs is 12. The smallest absolute Gasteiger partial charge is 0.207 e. The molecule has 0 fully saturated rings. The zero-order valence-electron chi connectivity index (χ0n) is 59.8. The van der Waals surface area contributed by atoms with E-state index in [9.17, 15) is 70.2 Å². The van der Waals surface area contributed by atoms with E-state index in [-0.39, 0.29) is 23.3 Å². The summed E-state index contributed by atoms with van der Waals surface area (Å²) < 4.78 is 226. The Balaban J connectivity index is 0.000000166. The van der Waals surface area contributed by atoms with E-state index in [1.54, 1.807) is 26.0 Å². The Kier molecular flexibility index (Phi) is 16.8. The van der Waals surface area contributed by atoms with Crippen LogP contribution in [0.15, 0.2) is 291 Å². The molecule has 0 unspecified atom stereocenters. The molecule has 16 heteroatoms. The highest BCUT2D eigenvalue weighted by atomic mass is 19.4. The lowest BCUT2D eigenvalue weighted by atomic mass is 9.65. The van der Waals surface area contributed by atoms with Gasteiger partial charge in [0.2, 0.25) is 0 Å². The predicted octanol–water partition coefficient (Wildman–Crippen LogP) is 26.7. The number of hydrogen-bond donors (Lipinski definition) is 0. The molecule has 0 atom stereocenters. The van der Waals surface area contributed by atoms with E-state index < -0.39 is 68.6 Å². The number of alkyl halides is 12. The van der Waals surface area contributed by atoms with Crippen LogP contribution in [-0.2, 0) is 46.4 Å². The lowest BCUT2D eigenvalue weighted by molar-refractivity contribution is -0.138.